The molecule has 4 aliphatic carbocycles. The molecule has 0 aromatic carbocycles. The Morgan fingerprint density at radius 1 is 1.00 bits per heavy atom. The average Bonchev–Trinajstić information content (AvgIpc) is 3.52. The van der Waals surface area contributed by atoms with Crippen LogP contribution < -0.4 is 5.32 Å². The fourth-order valence-electron chi connectivity index (χ4n) is 10.4. The predicted octanol–water partition coefficient (Wildman–Crippen LogP) is 7.64. The number of aliphatic hydroxyl groups excluding tert-OH is 1. The van der Waals surface area contributed by atoms with Crippen molar-refractivity contribution >= 4 is 12.0 Å². The second kappa shape index (κ2) is 13.6. The minimum absolute atomic E-state index is 0.0706. The lowest BCUT2D eigenvalue weighted by molar-refractivity contribution is -0.129. The van der Waals surface area contributed by atoms with Crippen LogP contribution in [0.4, 0.5) is 4.79 Å². The van der Waals surface area contributed by atoms with E-state index in [4.69, 9.17) is 4.74 Å². The maximum absolute atomic E-state index is 12.6. The van der Waals surface area contributed by atoms with E-state index in [1.54, 1.807) is 4.90 Å². The fourth-order valence-corrected chi connectivity index (χ4v) is 10.4. The Hall–Kier alpha value is -1.56. The molecular formula is C36H60N2O4. The van der Waals surface area contributed by atoms with Gasteiger partial charge >= 0.3 is 6.09 Å². The van der Waals surface area contributed by atoms with Gasteiger partial charge in [-0.3, -0.25) is 4.79 Å². The molecule has 6 heteroatoms. The highest BCUT2D eigenvalue weighted by Crippen LogP contribution is 2.66. The number of aliphatic hydroxyl groups is 1. The molecule has 1 saturated heterocycles. The molecule has 9 atom stereocenters. The zero-order valence-electron chi connectivity index (χ0n) is 27.2. The van der Waals surface area contributed by atoms with Crippen LogP contribution in [0.1, 0.15) is 130 Å². The van der Waals surface area contributed by atoms with Crippen molar-refractivity contribution in [1.29, 1.82) is 0 Å². The molecule has 4 fully saturated rings. The monoisotopic (exact) mass is 584 g/mol. The van der Waals surface area contributed by atoms with Crippen LogP contribution in [0.3, 0.4) is 0 Å². The number of rotatable bonds is 11. The van der Waals surface area contributed by atoms with Crippen molar-refractivity contribution < 1.29 is 19.4 Å². The number of carbonyl (C=O) groups excluding carboxylic acids is 2. The number of nitrogens with one attached hydrogen (secondary N) is 1. The number of likely N-dealkylation sites (tertiary alicyclic amines) is 1. The summed E-state index contributed by atoms with van der Waals surface area (Å²) in [6, 6.07) is 0. The molecule has 6 nitrogen and oxygen atoms in total. The molecule has 5 rings (SSSR count). The van der Waals surface area contributed by atoms with Crippen molar-refractivity contribution in [1.82, 2.24) is 10.2 Å². The molecule has 0 aromatic rings. The number of β-amino-alcohol motifs (C(OH)–C–C–N with tert-alkyl or cyclic N) is 1. The van der Waals surface area contributed by atoms with Gasteiger partial charge in [-0.25, -0.2) is 4.79 Å². The smallest absolute Gasteiger partial charge is 0.407 e. The number of allylic oxidation sites excluding steroid dienone is 1. The van der Waals surface area contributed by atoms with E-state index in [0.717, 1.165) is 49.4 Å². The van der Waals surface area contributed by atoms with Gasteiger partial charge in [0.05, 0.1) is 6.10 Å². The lowest BCUT2D eigenvalue weighted by Crippen LogP contribution is -2.50. The largest absolute Gasteiger partial charge is 0.446 e. The summed E-state index contributed by atoms with van der Waals surface area (Å²) >= 11 is 0. The maximum Gasteiger partial charge on any atom is 0.407 e. The van der Waals surface area contributed by atoms with Crippen LogP contribution in [0.15, 0.2) is 11.6 Å². The van der Waals surface area contributed by atoms with Crippen molar-refractivity contribution in [2.24, 2.45) is 40.4 Å². The summed E-state index contributed by atoms with van der Waals surface area (Å²) in [6.45, 7) is 10.3. The molecule has 0 aromatic heterocycles. The van der Waals surface area contributed by atoms with E-state index in [2.05, 4.69) is 32.2 Å². The first-order valence-electron chi connectivity index (χ1n) is 17.8. The number of unbranched alkanes of at least 4 members (excludes halogenated alkanes) is 5. The maximum atomic E-state index is 12.6. The van der Waals surface area contributed by atoms with Gasteiger partial charge in [-0.15, -0.1) is 0 Å². The molecule has 2 N–H and O–H groups in total. The zero-order valence-corrected chi connectivity index (χ0v) is 27.2. The van der Waals surface area contributed by atoms with E-state index in [-0.39, 0.29) is 29.9 Å². The summed E-state index contributed by atoms with van der Waals surface area (Å²) in [6.07, 6.45) is 21.8. The van der Waals surface area contributed by atoms with Crippen molar-refractivity contribution in [3.8, 4) is 0 Å². The zero-order chi connectivity index (χ0) is 29.9. The lowest BCUT2D eigenvalue weighted by Gasteiger charge is -2.58. The van der Waals surface area contributed by atoms with Crippen LogP contribution in [-0.4, -0.2) is 53.8 Å². The van der Waals surface area contributed by atoms with Gasteiger partial charge in [0.25, 0.3) is 0 Å². The SMILES string of the molecule is CCCCCCCCC1CCC2C3CC=C4CC(OC(=O)NCC(=O)N5C[C@@H](CC)[C@@H](O)C5)CC[C@]4(C)C3CC[C@]12C. The van der Waals surface area contributed by atoms with E-state index >= 15 is 0 Å². The molecule has 3 saturated carbocycles. The topological polar surface area (TPSA) is 78.9 Å². The Kier molecular flexibility index (Phi) is 10.3. The molecule has 0 spiro atoms. The predicted molar refractivity (Wildman–Crippen MR) is 168 cm³/mol. The van der Waals surface area contributed by atoms with E-state index in [1.807, 2.05) is 6.92 Å². The minimum Gasteiger partial charge on any atom is -0.446 e. The summed E-state index contributed by atoms with van der Waals surface area (Å²) in [5.74, 6) is 3.35. The van der Waals surface area contributed by atoms with Crippen LogP contribution in [0.25, 0.3) is 0 Å². The molecule has 5 unspecified atom stereocenters. The molecule has 0 bridgehead atoms. The van der Waals surface area contributed by atoms with Gasteiger partial charge in [0.1, 0.15) is 12.6 Å². The highest BCUT2D eigenvalue weighted by atomic mass is 16.6. The quantitative estimate of drug-likeness (QED) is 0.193. The Balaban J connectivity index is 1.11. The lowest BCUT2D eigenvalue weighted by atomic mass is 9.47. The summed E-state index contributed by atoms with van der Waals surface area (Å²) in [5, 5.41) is 12.8. The molecular weight excluding hydrogens is 524 g/mol. The summed E-state index contributed by atoms with van der Waals surface area (Å²) < 4.78 is 5.85. The Labute approximate surface area is 255 Å². The number of nitrogens with zero attached hydrogens (tertiary/aromatic N) is 1. The fraction of sp³-hybridized carbons (Fsp3) is 0.889. The molecule has 238 valence electrons. The number of hydrogen-bond donors (Lipinski definition) is 2. The van der Waals surface area contributed by atoms with Gasteiger partial charge in [-0.2, -0.15) is 0 Å². The van der Waals surface area contributed by atoms with E-state index in [0.29, 0.717) is 18.5 Å². The summed E-state index contributed by atoms with van der Waals surface area (Å²) in [5.41, 5.74) is 2.29. The first kappa shape index (κ1) is 31.9. The van der Waals surface area contributed by atoms with Crippen LogP contribution in [0, 0.1) is 40.4 Å². The molecule has 42 heavy (non-hydrogen) atoms. The Morgan fingerprint density at radius 3 is 2.55 bits per heavy atom. The molecule has 1 heterocycles. The number of alkyl carbamates (subject to hydrolysis) is 1. The first-order valence-corrected chi connectivity index (χ1v) is 17.8. The van der Waals surface area contributed by atoms with Gasteiger partial charge in [0.15, 0.2) is 0 Å². The number of hydrogen-bond acceptors (Lipinski definition) is 4. The van der Waals surface area contributed by atoms with Gasteiger partial charge in [-0.1, -0.05) is 77.9 Å². The number of carbonyl (C=O) groups is 2. The third-order valence-corrected chi connectivity index (χ3v) is 13.1. The molecule has 5 aliphatic rings. The Bertz CT molecular complexity index is 981. The van der Waals surface area contributed by atoms with E-state index < -0.39 is 12.2 Å². The van der Waals surface area contributed by atoms with E-state index in [1.165, 1.54) is 82.6 Å². The third kappa shape index (κ3) is 6.44. The van der Waals surface area contributed by atoms with Gasteiger partial charge in [-0.05, 0) is 92.3 Å². The highest BCUT2D eigenvalue weighted by molar-refractivity contribution is 5.82. The van der Waals surface area contributed by atoms with Crippen LogP contribution in [-0.2, 0) is 9.53 Å². The summed E-state index contributed by atoms with van der Waals surface area (Å²) in [4.78, 5) is 26.9. The number of amides is 2. The van der Waals surface area contributed by atoms with Crippen molar-refractivity contribution in [2.75, 3.05) is 19.6 Å². The second-order valence-corrected chi connectivity index (χ2v) is 15.3. The van der Waals surface area contributed by atoms with Crippen LogP contribution >= 0.6 is 0 Å². The van der Waals surface area contributed by atoms with Crippen molar-refractivity contribution in [3.05, 3.63) is 11.6 Å². The molecule has 1 aliphatic heterocycles. The van der Waals surface area contributed by atoms with Gasteiger partial charge < -0.3 is 20.1 Å². The summed E-state index contributed by atoms with van der Waals surface area (Å²) in [7, 11) is 0. The van der Waals surface area contributed by atoms with Crippen LogP contribution in [0.5, 0.6) is 0 Å². The van der Waals surface area contributed by atoms with Gasteiger partial charge in [0, 0.05) is 25.4 Å². The molecule has 0 radical (unpaired) electrons. The average molecular weight is 585 g/mol. The normalized spacial score (nSPS) is 39.2. The van der Waals surface area contributed by atoms with Crippen molar-refractivity contribution in [2.45, 2.75) is 143 Å². The molecule has 2 amide bonds. The number of fused-ring (bicyclic) bond motifs is 5. The highest BCUT2D eigenvalue weighted by Gasteiger charge is 2.58. The second-order valence-electron chi connectivity index (χ2n) is 15.3. The first-order chi connectivity index (χ1) is 20.2. The van der Waals surface area contributed by atoms with Gasteiger partial charge in [0.2, 0.25) is 5.91 Å². The minimum atomic E-state index is -0.492. The Morgan fingerprint density at radius 2 is 1.79 bits per heavy atom. The standard InChI is InChI=1S/C36H60N2O4/c1-5-7-8-9-10-11-12-26-14-16-30-29-15-13-27-21-28(17-19-36(27,4)31(29)18-20-35(26,30)3)42-34(41)37-22-33(40)38-23-25(6-2)32(39)24-38/h13,25-26,28-32,39H,5-12,14-24H2,1-4H3,(H,37,41)/t25-,26?,28?,29?,30?,31?,32+,35-,36+/m1/s1. The third-order valence-electron chi connectivity index (χ3n) is 13.1. The van der Waals surface area contributed by atoms with E-state index in [9.17, 15) is 14.7 Å². The van der Waals surface area contributed by atoms with Crippen LogP contribution in [0.2, 0.25) is 0 Å². The van der Waals surface area contributed by atoms with Crippen molar-refractivity contribution in [3.63, 3.8) is 0 Å². The number of ether oxygens (including phenoxy) is 1.